The normalized spacial score (nSPS) is 13.8. The predicted molar refractivity (Wildman–Crippen MR) is 206 cm³/mol. The molecule has 0 atom stereocenters. The average molecular weight is 619 g/mol. The Morgan fingerprint density at radius 1 is 0.583 bits per heavy atom. The van der Waals surface area contributed by atoms with E-state index >= 15 is 0 Å². The number of para-hydroxylation sites is 1. The number of aromatic amines is 1. The number of rotatable bonds is 7. The van der Waals surface area contributed by atoms with Gasteiger partial charge in [-0.15, -0.1) is 0 Å². The Balaban J connectivity index is 1.22. The van der Waals surface area contributed by atoms with Crippen LogP contribution in [0.15, 0.2) is 170 Å². The molecule has 0 amide bonds. The van der Waals surface area contributed by atoms with Gasteiger partial charge >= 0.3 is 0 Å². The van der Waals surface area contributed by atoms with Crippen LogP contribution in [-0.4, -0.2) is 4.98 Å². The molecule has 1 aliphatic carbocycles. The number of hydrogen-bond donors (Lipinski definition) is 1. The van der Waals surface area contributed by atoms with Crippen LogP contribution < -0.4 is 4.90 Å². The number of allylic oxidation sites excluding steroid dienone is 5. The van der Waals surface area contributed by atoms with Crippen LogP contribution in [0.3, 0.4) is 0 Å². The maximum atomic E-state index is 4.20. The second-order valence-electron chi connectivity index (χ2n) is 13.1. The molecule has 0 spiro atoms. The number of fused-ring (bicyclic) bond motifs is 4. The largest absolute Gasteiger partial charge is 0.355 e. The van der Waals surface area contributed by atoms with Crippen molar-refractivity contribution >= 4 is 44.4 Å². The molecule has 0 aliphatic heterocycles. The first-order valence-corrected chi connectivity index (χ1v) is 16.7. The summed E-state index contributed by atoms with van der Waals surface area (Å²) in [5.41, 5.74) is 15.5. The van der Waals surface area contributed by atoms with Gasteiger partial charge in [0.05, 0.1) is 0 Å². The first-order chi connectivity index (χ1) is 23.5. The number of aromatic nitrogens is 1. The highest BCUT2D eigenvalue weighted by atomic mass is 15.1. The Kier molecular flexibility index (Phi) is 7.22. The summed E-state index contributed by atoms with van der Waals surface area (Å²) >= 11 is 0. The zero-order chi connectivity index (χ0) is 32.8. The van der Waals surface area contributed by atoms with E-state index in [-0.39, 0.29) is 5.41 Å². The van der Waals surface area contributed by atoms with E-state index in [9.17, 15) is 0 Å². The van der Waals surface area contributed by atoms with Gasteiger partial charge in [0, 0.05) is 44.3 Å². The number of anilines is 3. The minimum absolute atomic E-state index is 0.157. The molecule has 0 unspecified atom stereocenters. The van der Waals surface area contributed by atoms with Crippen molar-refractivity contribution in [2.24, 2.45) is 0 Å². The van der Waals surface area contributed by atoms with Crippen LogP contribution in [-0.2, 0) is 5.41 Å². The molecule has 1 N–H and O–H groups in total. The van der Waals surface area contributed by atoms with Crippen LogP contribution >= 0.6 is 0 Å². The number of nitrogens with one attached hydrogen (secondary N) is 1. The minimum Gasteiger partial charge on any atom is -0.355 e. The number of benzene rings is 6. The lowest BCUT2D eigenvalue weighted by molar-refractivity contribution is 0.654. The molecular formula is C46H38N2. The van der Waals surface area contributed by atoms with Crippen molar-refractivity contribution in [2.75, 3.05) is 4.90 Å². The van der Waals surface area contributed by atoms with Crippen molar-refractivity contribution < 1.29 is 0 Å². The van der Waals surface area contributed by atoms with Crippen LogP contribution in [0.2, 0.25) is 0 Å². The minimum atomic E-state index is -0.157. The number of H-pyrrole nitrogens is 1. The Morgan fingerprint density at radius 3 is 1.85 bits per heavy atom. The Hall–Kier alpha value is -5.86. The predicted octanol–water partition coefficient (Wildman–Crippen LogP) is 12.9. The molecule has 2 nitrogen and oxygen atoms in total. The first kappa shape index (κ1) is 29.5. The van der Waals surface area contributed by atoms with E-state index in [1.807, 2.05) is 6.08 Å². The molecule has 0 radical (unpaired) electrons. The molecule has 0 saturated carbocycles. The van der Waals surface area contributed by atoms with E-state index in [1.165, 1.54) is 60.8 Å². The highest BCUT2D eigenvalue weighted by molar-refractivity contribution is 6.08. The van der Waals surface area contributed by atoms with Gasteiger partial charge in [0.25, 0.3) is 0 Å². The van der Waals surface area contributed by atoms with Gasteiger partial charge in [-0.05, 0) is 106 Å². The van der Waals surface area contributed by atoms with Crippen molar-refractivity contribution in [3.05, 3.63) is 181 Å². The third-order valence-corrected chi connectivity index (χ3v) is 9.92. The third kappa shape index (κ3) is 4.89. The summed E-state index contributed by atoms with van der Waals surface area (Å²) in [4.78, 5) is 5.93. The van der Waals surface area contributed by atoms with Gasteiger partial charge in [-0.1, -0.05) is 124 Å². The lowest BCUT2D eigenvalue weighted by atomic mass is 9.81. The molecule has 0 fully saturated rings. The van der Waals surface area contributed by atoms with E-state index in [1.54, 1.807) is 0 Å². The monoisotopic (exact) mass is 618 g/mol. The van der Waals surface area contributed by atoms with Crippen LogP contribution in [0.5, 0.6) is 0 Å². The Bertz CT molecular complexity index is 2370. The van der Waals surface area contributed by atoms with E-state index < -0.39 is 0 Å². The van der Waals surface area contributed by atoms with Crippen LogP contribution in [0.1, 0.15) is 31.9 Å². The lowest BCUT2D eigenvalue weighted by Gasteiger charge is -2.29. The smallest absolute Gasteiger partial charge is 0.0465 e. The SMILES string of the molecule is C=CC1=C(/C=C\C)c2ccc(N(c3ccc(-c4ccccc4)cc3)c3ccc(-c4ccc5[nH]c6ccccc6c5c4)cc3)cc2C1(C)C. The summed E-state index contributed by atoms with van der Waals surface area (Å²) in [5.74, 6) is 0. The van der Waals surface area contributed by atoms with Crippen LogP contribution in [0.4, 0.5) is 17.1 Å². The van der Waals surface area contributed by atoms with Gasteiger partial charge < -0.3 is 9.88 Å². The topological polar surface area (TPSA) is 19.0 Å². The first-order valence-electron chi connectivity index (χ1n) is 16.7. The second-order valence-corrected chi connectivity index (χ2v) is 13.1. The van der Waals surface area contributed by atoms with E-state index in [0.717, 1.165) is 22.6 Å². The fourth-order valence-electron chi connectivity index (χ4n) is 7.47. The molecule has 0 saturated heterocycles. The summed E-state index contributed by atoms with van der Waals surface area (Å²) in [6.45, 7) is 10.9. The summed E-state index contributed by atoms with van der Waals surface area (Å²) in [5, 5.41) is 2.50. The van der Waals surface area contributed by atoms with Crippen LogP contribution in [0.25, 0.3) is 49.6 Å². The highest BCUT2D eigenvalue weighted by Gasteiger charge is 2.36. The summed E-state index contributed by atoms with van der Waals surface area (Å²) in [6.07, 6.45) is 6.37. The zero-order valence-corrected chi connectivity index (χ0v) is 27.7. The van der Waals surface area contributed by atoms with Gasteiger partial charge in [-0.2, -0.15) is 0 Å². The molecule has 232 valence electrons. The Morgan fingerprint density at radius 2 is 1.17 bits per heavy atom. The van der Waals surface area contributed by atoms with Gasteiger partial charge in [-0.25, -0.2) is 0 Å². The summed E-state index contributed by atoms with van der Waals surface area (Å²) in [6, 6.07) is 50.6. The second kappa shape index (κ2) is 11.7. The van der Waals surface area contributed by atoms with Crippen LogP contribution in [0, 0.1) is 0 Å². The molecule has 1 aliphatic rings. The number of nitrogens with zero attached hydrogens (tertiary/aromatic N) is 1. The zero-order valence-electron chi connectivity index (χ0n) is 27.7. The molecule has 2 heteroatoms. The fraction of sp³-hybridized carbons (Fsp3) is 0.0870. The maximum absolute atomic E-state index is 4.20. The van der Waals surface area contributed by atoms with Gasteiger partial charge in [-0.3, -0.25) is 0 Å². The average Bonchev–Trinajstić information content (AvgIpc) is 3.60. The van der Waals surface area contributed by atoms with Crippen molar-refractivity contribution in [3.8, 4) is 22.3 Å². The summed E-state index contributed by atoms with van der Waals surface area (Å²) in [7, 11) is 0. The summed E-state index contributed by atoms with van der Waals surface area (Å²) < 4.78 is 0. The highest BCUT2D eigenvalue weighted by Crippen LogP contribution is 2.49. The maximum Gasteiger partial charge on any atom is 0.0465 e. The van der Waals surface area contributed by atoms with Gasteiger partial charge in [0.1, 0.15) is 0 Å². The van der Waals surface area contributed by atoms with Crippen molar-refractivity contribution in [3.63, 3.8) is 0 Å². The molecule has 1 heterocycles. The van der Waals surface area contributed by atoms with E-state index in [0.29, 0.717) is 0 Å². The molecule has 8 rings (SSSR count). The Labute approximate surface area is 283 Å². The van der Waals surface area contributed by atoms with Gasteiger partial charge in [0.2, 0.25) is 0 Å². The standard InChI is InChI=1S/C46H38N2/c1-5-12-38-39-27-26-37(30-43(39)46(3,4)42(38)6-2)48(35-22-17-32(18-23-35)31-13-8-7-9-14-31)36-24-19-33(20-25-36)34-21-28-45-41(29-34)40-15-10-11-16-44(40)47-45/h5-30,47H,2H2,1,3-4H3/b12-5-. The molecule has 48 heavy (non-hydrogen) atoms. The van der Waals surface area contributed by atoms with E-state index in [2.05, 4.69) is 189 Å². The number of hydrogen-bond acceptors (Lipinski definition) is 1. The lowest BCUT2D eigenvalue weighted by Crippen LogP contribution is -2.17. The molecule has 6 aromatic carbocycles. The van der Waals surface area contributed by atoms with Crippen molar-refractivity contribution in [1.29, 1.82) is 0 Å². The van der Waals surface area contributed by atoms with E-state index in [4.69, 9.17) is 0 Å². The van der Waals surface area contributed by atoms with Crippen molar-refractivity contribution in [2.45, 2.75) is 26.2 Å². The molecule has 7 aromatic rings. The fourth-order valence-corrected chi connectivity index (χ4v) is 7.47. The third-order valence-electron chi connectivity index (χ3n) is 9.92. The molecule has 0 bridgehead atoms. The molecular weight excluding hydrogens is 581 g/mol. The molecule has 1 aromatic heterocycles. The quantitative estimate of drug-likeness (QED) is 0.188. The van der Waals surface area contributed by atoms with Gasteiger partial charge in [0.15, 0.2) is 0 Å². The van der Waals surface area contributed by atoms with Crippen molar-refractivity contribution in [1.82, 2.24) is 4.98 Å².